The zero-order valence-corrected chi connectivity index (χ0v) is 20.1. The second kappa shape index (κ2) is 10.7. The van der Waals surface area contributed by atoms with Gasteiger partial charge in [0.1, 0.15) is 0 Å². The van der Waals surface area contributed by atoms with Crippen LogP contribution in [0.25, 0.3) is 10.8 Å². The summed E-state index contributed by atoms with van der Waals surface area (Å²) in [5.74, 6) is -0.294. The fourth-order valence-electron chi connectivity index (χ4n) is 3.59. The summed E-state index contributed by atoms with van der Waals surface area (Å²) in [4.78, 5) is 41.9. The smallest absolute Gasteiger partial charge is 0.411 e. The number of nitrogens with one attached hydrogen (secondary N) is 3. The van der Waals surface area contributed by atoms with Crippen molar-refractivity contribution in [1.29, 1.82) is 0 Å². The molecule has 0 heterocycles. The van der Waals surface area contributed by atoms with Crippen LogP contribution in [0.2, 0.25) is 0 Å². The zero-order valence-electron chi connectivity index (χ0n) is 20.1. The van der Waals surface area contributed by atoms with E-state index in [0.717, 1.165) is 16.3 Å². The van der Waals surface area contributed by atoms with Crippen LogP contribution in [0.3, 0.4) is 0 Å². The van der Waals surface area contributed by atoms with E-state index in [1.807, 2.05) is 42.5 Å². The number of anilines is 2. The fourth-order valence-corrected chi connectivity index (χ4v) is 3.59. The quantitative estimate of drug-likeness (QED) is 0.304. The Hall–Kier alpha value is -4.40. The van der Waals surface area contributed by atoms with Crippen molar-refractivity contribution in [1.82, 2.24) is 10.2 Å². The number of guanidine groups is 1. The molecule has 0 unspecified atom stereocenters. The molecule has 0 saturated carbocycles. The van der Waals surface area contributed by atoms with E-state index in [0.29, 0.717) is 11.4 Å². The van der Waals surface area contributed by atoms with Crippen LogP contribution in [0.4, 0.5) is 21.0 Å². The van der Waals surface area contributed by atoms with Crippen LogP contribution in [0, 0.1) is 0 Å². The highest BCUT2D eigenvalue weighted by molar-refractivity contribution is 6.07. The number of carbonyl (C=O) groups is 3. The molecule has 3 aromatic rings. The normalized spacial score (nSPS) is 11.6. The molecule has 9 heteroatoms. The first-order valence-electron chi connectivity index (χ1n) is 11.0. The number of carbonyl (C=O) groups excluding carboxylic acids is 2. The summed E-state index contributed by atoms with van der Waals surface area (Å²) in [7, 11) is 0. The topological polar surface area (TPSA) is 123 Å². The van der Waals surface area contributed by atoms with Gasteiger partial charge in [-0.1, -0.05) is 42.5 Å². The molecular formula is C26H29N5O4. The monoisotopic (exact) mass is 475 g/mol. The van der Waals surface area contributed by atoms with Gasteiger partial charge < -0.3 is 15.7 Å². The first kappa shape index (κ1) is 25.2. The Morgan fingerprint density at radius 2 is 1.49 bits per heavy atom. The van der Waals surface area contributed by atoms with Crippen molar-refractivity contribution in [3.8, 4) is 0 Å². The maximum Gasteiger partial charge on any atom is 0.411 e. The summed E-state index contributed by atoms with van der Waals surface area (Å²) in [6, 6.07) is 19.7. The van der Waals surface area contributed by atoms with E-state index in [4.69, 9.17) is 0 Å². The van der Waals surface area contributed by atoms with Crippen molar-refractivity contribution in [2.45, 2.75) is 39.8 Å². The summed E-state index contributed by atoms with van der Waals surface area (Å²) < 4.78 is 0. The predicted octanol–water partition coefficient (Wildman–Crippen LogP) is 5.25. The third kappa shape index (κ3) is 6.80. The summed E-state index contributed by atoms with van der Waals surface area (Å²) >= 11 is 0. The number of aliphatic imine (C=N–C) groups is 1. The van der Waals surface area contributed by atoms with Crippen LogP contribution in [0.5, 0.6) is 0 Å². The van der Waals surface area contributed by atoms with E-state index >= 15 is 0 Å². The van der Waals surface area contributed by atoms with Gasteiger partial charge in [-0.15, -0.1) is 0 Å². The molecule has 0 fully saturated rings. The minimum atomic E-state index is -1.33. The molecule has 0 aliphatic rings. The van der Waals surface area contributed by atoms with Gasteiger partial charge in [-0.25, -0.2) is 14.6 Å². The molecule has 0 bridgehead atoms. The van der Waals surface area contributed by atoms with E-state index in [-0.39, 0.29) is 18.4 Å². The molecule has 0 aromatic heterocycles. The lowest BCUT2D eigenvalue weighted by Gasteiger charge is -2.35. The van der Waals surface area contributed by atoms with Crippen molar-refractivity contribution < 1.29 is 19.5 Å². The number of nitrogens with zero attached hydrogens (tertiary/aromatic N) is 2. The lowest BCUT2D eigenvalue weighted by molar-refractivity contribution is -0.114. The van der Waals surface area contributed by atoms with Gasteiger partial charge in [0.05, 0.1) is 6.54 Å². The number of amides is 4. The molecule has 4 amide bonds. The molecule has 0 radical (unpaired) electrons. The van der Waals surface area contributed by atoms with E-state index in [2.05, 4.69) is 20.9 Å². The van der Waals surface area contributed by atoms with Crippen LogP contribution in [0.1, 0.15) is 33.3 Å². The predicted molar refractivity (Wildman–Crippen MR) is 138 cm³/mol. The summed E-state index contributed by atoms with van der Waals surface area (Å²) in [5.41, 5.74) is 1.16. The summed E-state index contributed by atoms with van der Waals surface area (Å²) in [6.45, 7) is 6.92. The van der Waals surface area contributed by atoms with Crippen molar-refractivity contribution >= 4 is 46.1 Å². The first-order valence-corrected chi connectivity index (χ1v) is 11.0. The molecule has 0 spiro atoms. The highest BCUT2D eigenvalue weighted by atomic mass is 16.4. The first-order chi connectivity index (χ1) is 16.5. The standard InChI is InChI=1S/C26H29N5O4/c1-17(32)28-20-12-14-21(15-13-20)29-24(33)31(26(2,3)4)23(30-25(34)35)27-16-19-10-7-9-18-8-5-6-11-22(18)19/h5-15H,16H2,1-4H3,(H,27,30)(H,28,32)(H,29,33)(H,34,35). The highest BCUT2D eigenvalue weighted by Crippen LogP contribution is 2.21. The Morgan fingerprint density at radius 3 is 2.09 bits per heavy atom. The average Bonchev–Trinajstić information content (AvgIpc) is 2.77. The molecule has 0 atom stereocenters. The molecule has 0 saturated heterocycles. The number of hydrogen-bond donors (Lipinski definition) is 4. The zero-order chi connectivity index (χ0) is 25.6. The van der Waals surface area contributed by atoms with Crippen LogP contribution < -0.4 is 16.0 Å². The molecule has 3 rings (SSSR count). The van der Waals surface area contributed by atoms with Crippen molar-refractivity contribution in [2.75, 3.05) is 10.6 Å². The van der Waals surface area contributed by atoms with Crippen molar-refractivity contribution in [2.24, 2.45) is 4.99 Å². The number of benzene rings is 3. The van der Waals surface area contributed by atoms with Gasteiger partial charge in [0.15, 0.2) is 0 Å². The van der Waals surface area contributed by atoms with Gasteiger partial charge in [0, 0.05) is 23.8 Å². The lowest BCUT2D eigenvalue weighted by Crippen LogP contribution is -2.56. The number of fused-ring (bicyclic) bond motifs is 1. The summed E-state index contributed by atoms with van der Waals surface area (Å²) in [6.07, 6.45) is -1.33. The van der Waals surface area contributed by atoms with Gasteiger partial charge >= 0.3 is 12.1 Å². The maximum absolute atomic E-state index is 13.3. The molecule has 4 N–H and O–H groups in total. The minimum absolute atomic E-state index is 0.0923. The second-order valence-electron chi connectivity index (χ2n) is 8.90. The largest absolute Gasteiger partial charge is 0.465 e. The highest BCUT2D eigenvalue weighted by Gasteiger charge is 2.32. The molecule has 0 aliphatic heterocycles. The van der Waals surface area contributed by atoms with Gasteiger partial charge in [-0.3, -0.25) is 15.0 Å². The van der Waals surface area contributed by atoms with Crippen LogP contribution in [0.15, 0.2) is 71.7 Å². The minimum Gasteiger partial charge on any atom is -0.465 e. The van der Waals surface area contributed by atoms with Gasteiger partial charge in [-0.2, -0.15) is 0 Å². The number of urea groups is 1. The third-order valence-electron chi connectivity index (χ3n) is 5.04. The molecule has 35 heavy (non-hydrogen) atoms. The Bertz CT molecular complexity index is 1260. The van der Waals surface area contributed by atoms with Crippen LogP contribution in [-0.4, -0.2) is 39.5 Å². The number of carboxylic acid groups (broad SMARTS) is 1. The van der Waals surface area contributed by atoms with Crippen LogP contribution >= 0.6 is 0 Å². The number of rotatable bonds is 4. The molecule has 0 aliphatic carbocycles. The van der Waals surface area contributed by atoms with Gasteiger partial charge in [-0.05, 0) is 61.4 Å². The molecular weight excluding hydrogens is 446 g/mol. The molecule has 182 valence electrons. The fraction of sp³-hybridized carbons (Fsp3) is 0.231. The Labute approximate surface area is 203 Å². The molecule has 3 aromatic carbocycles. The Balaban J connectivity index is 1.91. The maximum atomic E-state index is 13.3. The lowest BCUT2D eigenvalue weighted by atomic mass is 10.0. The third-order valence-corrected chi connectivity index (χ3v) is 5.04. The SMILES string of the molecule is CC(=O)Nc1ccc(NC(=O)N(C(=NCc2cccc3ccccc23)NC(=O)O)C(C)(C)C)cc1. The van der Waals surface area contributed by atoms with Gasteiger partial charge in [0.25, 0.3) is 0 Å². The Morgan fingerprint density at radius 1 is 0.886 bits per heavy atom. The average molecular weight is 476 g/mol. The van der Waals surface area contributed by atoms with E-state index in [9.17, 15) is 19.5 Å². The summed E-state index contributed by atoms with van der Waals surface area (Å²) in [5, 5.41) is 19.2. The van der Waals surface area contributed by atoms with Crippen molar-refractivity contribution in [3.05, 3.63) is 72.3 Å². The Kier molecular flexibility index (Phi) is 7.70. The van der Waals surface area contributed by atoms with E-state index in [1.54, 1.807) is 45.0 Å². The van der Waals surface area contributed by atoms with Crippen LogP contribution in [-0.2, 0) is 11.3 Å². The second-order valence-corrected chi connectivity index (χ2v) is 8.90. The molecule has 9 nitrogen and oxygen atoms in total. The van der Waals surface area contributed by atoms with E-state index in [1.165, 1.54) is 11.8 Å². The van der Waals surface area contributed by atoms with Crippen molar-refractivity contribution in [3.63, 3.8) is 0 Å². The number of hydrogen-bond acceptors (Lipinski definition) is 4. The van der Waals surface area contributed by atoms with E-state index < -0.39 is 17.7 Å². The van der Waals surface area contributed by atoms with Gasteiger partial charge in [0.2, 0.25) is 11.9 Å².